The van der Waals surface area contributed by atoms with Crippen molar-refractivity contribution in [1.29, 1.82) is 0 Å². The van der Waals surface area contributed by atoms with Crippen molar-refractivity contribution in [3.05, 3.63) is 73.2 Å². The van der Waals surface area contributed by atoms with E-state index in [4.69, 9.17) is 0 Å². The quantitative estimate of drug-likeness (QED) is 0.752. The molecular formula is C17H14N4OS. The first-order chi connectivity index (χ1) is 11.3. The van der Waals surface area contributed by atoms with Crippen LogP contribution in [0.2, 0.25) is 0 Å². The second kappa shape index (κ2) is 7.42. The second-order valence-corrected chi connectivity index (χ2v) is 5.70. The van der Waals surface area contributed by atoms with Crippen LogP contribution in [0.1, 0.15) is 0 Å². The van der Waals surface area contributed by atoms with Crippen molar-refractivity contribution in [2.24, 2.45) is 0 Å². The average molecular weight is 322 g/mol. The first-order valence-electron chi connectivity index (χ1n) is 6.97. The van der Waals surface area contributed by atoms with Crippen LogP contribution in [0, 0.1) is 0 Å². The average Bonchev–Trinajstić information content (AvgIpc) is 2.58. The number of carbonyl (C=O) groups excluding carboxylic acids is 1. The normalized spacial score (nSPS) is 10.1. The third kappa shape index (κ3) is 4.31. The lowest BCUT2D eigenvalue weighted by molar-refractivity contribution is 0.262. The molecule has 0 unspecified atom stereocenters. The molecule has 114 valence electrons. The van der Waals surface area contributed by atoms with E-state index in [1.807, 2.05) is 54.6 Å². The number of anilines is 2. The van der Waals surface area contributed by atoms with Gasteiger partial charge in [0, 0.05) is 22.2 Å². The van der Waals surface area contributed by atoms with Crippen LogP contribution in [-0.2, 0) is 0 Å². The zero-order valence-corrected chi connectivity index (χ0v) is 13.0. The van der Waals surface area contributed by atoms with Crippen LogP contribution in [0.5, 0.6) is 0 Å². The van der Waals surface area contributed by atoms with E-state index >= 15 is 0 Å². The SMILES string of the molecule is O=C(Nc1cnccn1)Nc1ccccc1Sc1ccccc1. The first-order valence-corrected chi connectivity index (χ1v) is 7.79. The Kier molecular flexibility index (Phi) is 4.85. The molecule has 0 aliphatic rings. The van der Waals surface area contributed by atoms with Crippen LogP contribution < -0.4 is 10.6 Å². The first kappa shape index (κ1) is 15.1. The highest BCUT2D eigenvalue weighted by Gasteiger charge is 2.08. The van der Waals surface area contributed by atoms with Gasteiger partial charge in [0.25, 0.3) is 0 Å². The predicted molar refractivity (Wildman–Crippen MR) is 91.7 cm³/mol. The van der Waals surface area contributed by atoms with Crippen molar-refractivity contribution >= 4 is 29.3 Å². The minimum atomic E-state index is -0.355. The van der Waals surface area contributed by atoms with E-state index in [9.17, 15) is 4.79 Å². The molecule has 0 fully saturated rings. The fourth-order valence-electron chi connectivity index (χ4n) is 1.91. The minimum absolute atomic E-state index is 0.355. The molecule has 0 aliphatic heterocycles. The fraction of sp³-hybridized carbons (Fsp3) is 0. The predicted octanol–water partition coefficient (Wildman–Crippen LogP) is 4.27. The van der Waals surface area contributed by atoms with Gasteiger partial charge < -0.3 is 5.32 Å². The van der Waals surface area contributed by atoms with E-state index in [0.717, 1.165) is 15.5 Å². The van der Waals surface area contributed by atoms with Gasteiger partial charge in [0.1, 0.15) is 0 Å². The van der Waals surface area contributed by atoms with Crippen molar-refractivity contribution < 1.29 is 4.79 Å². The smallest absolute Gasteiger partial charge is 0.307 e. The van der Waals surface area contributed by atoms with Gasteiger partial charge in [-0.2, -0.15) is 0 Å². The molecule has 3 aromatic rings. The topological polar surface area (TPSA) is 66.9 Å². The lowest BCUT2D eigenvalue weighted by Gasteiger charge is -2.11. The number of rotatable bonds is 4. The number of aromatic nitrogens is 2. The van der Waals surface area contributed by atoms with E-state index in [-0.39, 0.29) is 6.03 Å². The molecule has 1 aromatic heterocycles. The lowest BCUT2D eigenvalue weighted by Crippen LogP contribution is -2.20. The van der Waals surface area contributed by atoms with Crippen LogP contribution in [0.15, 0.2) is 83.0 Å². The summed E-state index contributed by atoms with van der Waals surface area (Å²) in [5.41, 5.74) is 0.739. The van der Waals surface area contributed by atoms with E-state index < -0.39 is 0 Å². The summed E-state index contributed by atoms with van der Waals surface area (Å²) in [4.78, 5) is 22.1. The number of nitrogens with zero attached hydrogens (tertiary/aromatic N) is 2. The van der Waals surface area contributed by atoms with Gasteiger partial charge in [0.2, 0.25) is 0 Å². The van der Waals surface area contributed by atoms with Crippen molar-refractivity contribution in [1.82, 2.24) is 9.97 Å². The summed E-state index contributed by atoms with van der Waals surface area (Å²) in [6.07, 6.45) is 4.56. The Morgan fingerprint density at radius 1 is 0.913 bits per heavy atom. The highest BCUT2D eigenvalue weighted by atomic mass is 32.2. The summed E-state index contributed by atoms with van der Waals surface area (Å²) in [5.74, 6) is 0.401. The number of hydrogen-bond acceptors (Lipinski definition) is 4. The number of urea groups is 1. The maximum absolute atomic E-state index is 12.1. The van der Waals surface area contributed by atoms with Crippen molar-refractivity contribution in [2.75, 3.05) is 10.6 Å². The molecule has 0 saturated heterocycles. The number of hydrogen-bond donors (Lipinski definition) is 2. The number of nitrogens with one attached hydrogen (secondary N) is 2. The number of para-hydroxylation sites is 1. The Bertz CT molecular complexity index is 781. The highest BCUT2D eigenvalue weighted by molar-refractivity contribution is 7.99. The van der Waals surface area contributed by atoms with Gasteiger partial charge in [-0.1, -0.05) is 42.1 Å². The molecule has 2 amide bonds. The largest absolute Gasteiger partial charge is 0.324 e. The van der Waals surface area contributed by atoms with Gasteiger partial charge in [-0.3, -0.25) is 10.3 Å². The van der Waals surface area contributed by atoms with Gasteiger partial charge >= 0.3 is 6.03 Å². The molecule has 3 rings (SSSR count). The molecule has 23 heavy (non-hydrogen) atoms. The highest BCUT2D eigenvalue weighted by Crippen LogP contribution is 2.33. The molecule has 5 nitrogen and oxygen atoms in total. The third-order valence-corrected chi connectivity index (χ3v) is 3.99. The summed E-state index contributed by atoms with van der Waals surface area (Å²) < 4.78 is 0. The summed E-state index contributed by atoms with van der Waals surface area (Å²) in [6.45, 7) is 0. The molecule has 0 radical (unpaired) electrons. The van der Waals surface area contributed by atoms with E-state index in [1.54, 1.807) is 18.0 Å². The standard InChI is InChI=1S/C17H14N4OS/c22-17(21-16-12-18-10-11-19-16)20-14-8-4-5-9-15(14)23-13-6-2-1-3-7-13/h1-12H,(H2,19,20,21,22). The molecule has 0 bridgehead atoms. The minimum Gasteiger partial charge on any atom is -0.307 e. The summed E-state index contributed by atoms with van der Waals surface area (Å²) in [6, 6.07) is 17.3. The van der Waals surface area contributed by atoms with Gasteiger partial charge in [0.15, 0.2) is 5.82 Å². The van der Waals surface area contributed by atoms with Crippen LogP contribution >= 0.6 is 11.8 Å². The number of benzene rings is 2. The zero-order chi connectivity index (χ0) is 15.9. The zero-order valence-electron chi connectivity index (χ0n) is 12.1. The van der Waals surface area contributed by atoms with Gasteiger partial charge in [-0.25, -0.2) is 9.78 Å². The summed E-state index contributed by atoms with van der Waals surface area (Å²) in [7, 11) is 0. The molecule has 2 aromatic carbocycles. The molecule has 6 heteroatoms. The molecule has 1 heterocycles. The molecule has 2 N–H and O–H groups in total. The summed E-state index contributed by atoms with van der Waals surface area (Å²) >= 11 is 1.59. The van der Waals surface area contributed by atoms with Gasteiger partial charge in [-0.05, 0) is 24.3 Å². The van der Waals surface area contributed by atoms with Crippen molar-refractivity contribution in [2.45, 2.75) is 9.79 Å². The second-order valence-electron chi connectivity index (χ2n) is 4.58. The van der Waals surface area contributed by atoms with Gasteiger partial charge in [-0.15, -0.1) is 0 Å². The molecule has 0 spiro atoms. The van der Waals surface area contributed by atoms with E-state index in [1.165, 1.54) is 12.4 Å². The van der Waals surface area contributed by atoms with Gasteiger partial charge in [0.05, 0.1) is 11.9 Å². The molecular weight excluding hydrogens is 308 g/mol. The van der Waals surface area contributed by atoms with Crippen LogP contribution in [0.25, 0.3) is 0 Å². The van der Waals surface area contributed by atoms with Crippen molar-refractivity contribution in [3.8, 4) is 0 Å². The Labute approximate surface area is 138 Å². The third-order valence-electron chi connectivity index (χ3n) is 2.91. The Balaban J connectivity index is 1.71. The maximum Gasteiger partial charge on any atom is 0.324 e. The Morgan fingerprint density at radius 2 is 1.70 bits per heavy atom. The fourth-order valence-corrected chi connectivity index (χ4v) is 2.83. The van der Waals surface area contributed by atoms with Crippen molar-refractivity contribution in [3.63, 3.8) is 0 Å². The lowest BCUT2D eigenvalue weighted by atomic mass is 10.3. The Hall–Kier alpha value is -2.86. The van der Waals surface area contributed by atoms with Crippen LogP contribution in [0.3, 0.4) is 0 Å². The molecule has 0 saturated carbocycles. The van der Waals surface area contributed by atoms with Crippen LogP contribution in [-0.4, -0.2) is 16.0 Å². The number of carbonyl (C=O) groups is 1. The van der Waals surface area contributed by atoms with Crippen LogP contribution in [0.4, 0.5) is 16.3 Å². The van der Waals surface area contributed by atoms with E-state index in [0.29, 0.717) is 5.82 Å². The van der Waals surface area contributed by atoms with E-state index in [2.05, 4.69) is 20.6 Å². The number of amides is 2. The monoisotopic (exact) mass is 322 g/mol. The Morgan fingerprint density at radius 3 is 2.48 bits per heavy atom. The maximum atomic E-state index is 12.1. The molecule has 0 atom stereocenters. The summed E-state index contributed by atoms with van der Waals surface area (Å²) in [5, 5.41) is 5.49. The molecule has 0 aliphatic carbocycles.